The number of furan rings is 1. The van der Waals surface area contributed by atoms with Crippen LogP contribution in [0, 0.1) is 18.3 Å². The van der Waals surface area contributed by atoms with Crippen molar-refractivity contribution in [2.24, 2.45) is 0 Å². The number of esters is 1. The molecule has 0 fully saturated rings. The third-order valence-electron chi connectivity index (χ3n) is 3.99. The lowest BCUT2D eigenvalue weighted by atomic mass is 10.0. The third-order valence-corrected chi connectivity index (χ3v) is 4.86. The second kappa shape index (κ2) is 8.59. The van der Waals surface area contributed by atoms with Crippen LogP contribution in [0.4, 0.5) is 5.82 Å². The van der Waals surface area contributed by atoms with E-state index >= 15 is 0 Å². The van der Waals surface area contributed by atoms with Gasteiger partial charge in [0, 0.05) is 6.42 Å². The van der Waals surface area contributed by atoms with Crippen molar-refractivity contribution in [3.8, 4) is 6.07 Å². The van der Waals surface area contributed by atoms with Gasteiger partial charge in [-0.3, -0.25) is 0 Å². The number of nitrogens with zero attached hydrogens (tertiary/aromatic N) is 3. The minimum absolute atomic E-state index is 0.137. The van der Waals surface area contributed by atoms with Gasteiger partial charge in [0.15, 0.2) is 5.16 Å². The van der Waals surface area contributed by atoms with Crippen molar-refractivity contribution in [3.63, 3.8) is 0 Å². The van der Waals surface area contributed by atoms with Gasteiger partial charge in [0.1, 0.15) is 23.2 Å². The van der Waals surface area contributed by atoms with Crippen LogP contribution in [0.5, 0.6) is 0 Å². The summed E-state index contributed by atoms with van der Waals surface area (Å²) in [6.45, 7) is 2.02. The fraction of sp³-hybridized carbons (Fsp3) is 0.200. The number of rotatable bonds is 6. The normalized spacial score (nSPS) is 10.5. The maximum absolute atomic E-state index is 11.5. The fourth-order valence-electron chi connectivity index (χ4n) is 2.52. The molecule has 28 heavy (non-hydrogen) atoms. The molecule has 0 amide bonds. The second-order valence-electron chi connectivity index (χ2n) is 6.03. The van der Waals surface area contributed by atoms with E-state index < -0.39 is 5.97 Å². The molecular formula is C20H18N4O3S. The number of methoxy groups -OCH3 is 1. The molecule has 0 saturated heterocycles. The summed E-state index contributed by atoms with van der Waals surface area (Å²) in [4.78, 5) is 20.2. The van der Waals surface area contributed by atoms with Crippen molar-refractivity contribution in [2.45, 2.75) is 24.3 Å². The largest absolute Gasteiger partial charge is 0.463 e. The zero-order chi connectivity index (χ0) is 20.1. The van der Waals surface area contributed by atoms with E-state index in [0.29, 0.717) is 28.8 Å². The number of aryl methyl sites for hydroxylation is 1. The molecule has 0 atom stereocenters. The van der Waals surface area contributed by atoms with Crippen LogP contribution in [0.15, 0.2) is 46.0 Å². The lowest BCUT2D eigenvalue weighted by molar-refractivity contribution is 0.0563. The van der Waals surface area contributed by atoms with Gasteiger partial charge in [-0.2, -0.15) is 5.26 Å². The molecule has 0 bridgehead atoms. The van der Waals surface area contributed by atoms with Crippen molar-refractivity contribution in [2.75, 3.05) is 12.8 Å². The molecule has 2 N–H and O–H groups in total. The standard InChI is InChI=1S/C20H18N4O3S/c1-12-3-5-13(6-4-12)9-16-15(10-21)18(22)24-20(23-16)28-11-14-7-8-17(27-14)19(25)26-2/h3-8H,9,11H2,1-2H3,(H2,22,23,24). The Kier molecular flexibility index (Phi) is 5.96. The number of anilines is 1. The molecule has 0 unspecified atom stereocenters. The van der Waals surface area contributed by atoms with E-state index in [-0.39, 0.29) is 17.1 Å². The molecule has 142 valence electrons. The van der Waals surface area contributed by atoms with Gasteiger partial charge in [-0.05, 0) is 24.6 Å². The molecule has 3 aromatic rings. The molecule has 7 nitrogen and oxygen atoms in total. The number of carbonyl (C=O) groups excluding carboxylic acids is 1. The molecule has 0 radical (unpaired) electrons. The highest BCUT2D eigenvalue weighted by Gasteiger charge is 2.15. The number of carbonyl (C=O) groups is 1. The average molecular weight is 394 g/mol. The number of benzene rings is 1. The van der Waals surface area contributed by atoms with Crippen LogP contribution < -0.4 is 5.73 Å². The number of hydrogen-bond acceptors (Lipinski definition) is 8. The second-order valence-corrected chi connectivity index (χ2v) is 6.98. The Morgan fingerprint density at radius 3 is 2.68 bits per heavy atom. The first-order valence-electron chi connectivity index (χ1n) is 8.42. The molecule has 2 heterocycles. The van der Waals surface area contributed by atoms with Gasteiger partial charge in [-0.25, -0.2) is 14.8 Å². The van der Waals surface area contributed by atoms with Gasteiger partial charge in [-0.1, -0.05) is 41.6 Å². The van der Waals surface area contributed by atoms with Crippen molar-refractivity contribution in [1.29, 1.82) is 5.26 Å². The zero-order valence-corrected chi connectivity index (χ0v) is 16.2. The highest BCUT2D eigenvalue weighted by atomic mass is 32.2. The summed E-state index contributed by atoms with van der Waals surface area (Å²) in [7, 11) is 1.29. The topological polar surface area (TPSA) is 115 Å². The van der Waals surface area contributed by atoms with Gasteiger partial charge >= 0.3 is 5.97 Å². The van der Waals surface area contributed by atoms with Gasteiger partial charge < -0.3 is 14.9 Å². The Labute approximate surface area is 166 Å². The van der Waals surface area contributed by atoms with E-state index in [1.807, 2.05) is 31.2 Å². The van der Waals surface area contributed by atoms with E-state index in [9.17, 15) is 10.1 Å². The summed E-state index contributed by atoms with van der Waals surface area (Å²) in [5, 5.41) is 9.86. The summed E-state index contributed by atoms with van der Waals surface area (Å²) in [6, 6.07) is 13.4. The van der Waals surface area contributed by atoms with E-state index in [4.69, 9.17) is 10.2 Å². The van der Waals surface area contributed by atoms with E-state index in [0.717, 1.165) is 11.1 Å². The van der Waals surface area contributed by atoms with Gasteiger partial charge in [0.05, 0.1) is 18.6 Å². The summed E-state index contributed by atoms with van der Waals surface area (Å²) in [5.74, 6) is 0.745. The highest BCUT2D eigenvalue weighted by Crippen LogP contribution is 2.25. The van der Waals surface area contributed by atoms with Crippen LogP contribution in [0.1, 0.15) is 38.7 Å². The number of nitrogens with two attached hydrogens (primary N) is 1. The van der Waals surface area contributed by atoms with Crippen molar-refractivity contribution >= 4 is 23.5 Å². The first kappa shape index (κ1) is 19.5. The number of nitrogen functional groups attached to an aromatic ring is 1. The average Bonchev–Trinajstić information content (AvgIpc) is 3.16. The summed E-state index contributed by atoms with van der Waals surface area (Å²) in [6.07, 6.45) is 0.483. The molecule has 0 aliphatic rings. The SMILES string of the molecule is COC(=O)c1ccc(CSc2nc(N)c(C#N)c(Cc3ccc(C)cc3)n2)o1. The smallest absolute Gasteiger partial charge is 0.373 e. The van der Waals surface area contributed by atoms with Gasteiger partial charge in [-0.15, -0.1) is 0 Å². The fourth-order valence-corrected chi connectivity index (χ4v) is 3.28. The Hall–Kier alpha value is -3.31. The lowest BCUT2D eigenvalue weighted by Crippen LogP contribution is -2.06. The molecule has 0 spiro atoms. The van der Waals surface area contributed by atoms with Crippen LogP contribution >= 0.6 is 11.8 Å². The summed E-state index contributed by atoms with van der Waals surface area (Å²) < 4.78 is 10.1. The molecule has 1 aromatic carbocycles. The van der Waals surface area contributed by atoms with Crippen LogP contribution in [0.25, 0.3) is 0 Å². The first-order valence-corrected chi connectivity index (χ1v) is 9.40. The zero-order valence-electron chi connectivity index (χ0n) is 15.4. The van der Waals surface area contributed by atoms with Gasteiger partial charge in [0.25, 0.3) is 0 Å². The van der Waals surface area contributed by atoms with E-state index in [2.05, 4.69) is 20.8 Å². The van der Waals surface area contributed by atoms with Crippen LogP contribution in [-0.2, 0) is 16.9 Å². The Morgan fingerprint density at radius 2 is 2.00 bits per heavy atom. The van der Waals surface area contributed by atoms with Crippen LogP contribution in [0.3, 0.4) is 0 Å². The summed E-state index contributed by atoms with van der Waals surface area (Å²) >= 11 is 1.31. The van der Waals surface area contributed by atoms with E-state index in [1.54, 1.807) is 12.1 Å². The highest BCUT2D eigenvalue weighted by molar-refractivity contribution is 7.98. The molecule has 2 aromatic heterocycles. The molecule has 3 rings (SSSR count). The predicted molar refractivity (Wildman–Crippen MR) is 105 cm³/mol. The molecule has 0 aliphatic carbocycles. The molecule has 8 heteroatoms. The maximum atomic E-state index is 11.5. The Balaban J connectivity index is 1.79. The summed E-state index contributed by atoms with van der Waals surface area (Å²) in [5.41, 5.74) is 9.03. The maximum Gasteiger partial charge on any atom is 0.373 e. The monoisotopic (exact) mass is 394 g/mol. The van der Waals surface area contributed by atoms with Crippen molar-refractivity contribution in [1.82, 2.24) is 9.97 Å². The number of aromatic nitrogens is 2. The number of thioether (sulfide) groups is 1. The first-order chi connectivity index (χ1) is 13.5. The minimum atomic E-state index is -0.532. The Morgan fingerprint density at radius 1 is 1.25 bits per heavy atom. The van der Waals surface area contributed by atoms with Gasteiger partial charge in [0.2, 0.25) is 5.76 Å². The van der Waals surface area contributed by atoms with Crippen molar-refractivity contribution < 1.29 is 13.9 Å². The Bertz CT molecular complexity index is 1040. The van der Waals surface area contributed by atoms with Crippen LogP contribution in [-0.4, -0.2) is 23.0 Å². The minimum Gasteiger partial charge on any atom is -0.463 e. The number of hydrogen-bond donors (Lipinski definition) is 1. The number of ether oxygens (including phenoxy) is 1. The third kappa shape index (κ3) is 4.50. The lowest BCUT2D eigenvalue weighted by Gasteiger charge is -2.08. The molecular weight excluding hydrogens is 376 g/mol. The quantitative estimate of drug-likeness (QED) is 0.384. The van der Waals surface area contributed by atoms with Crippen molar-refractivity contribution in [3.05, 3.63) is 70.3 Å². The predicted octanol–water partition coefficient (Wildman–Crippen LogP) is 3.50. The van der Waals surface area contributed by atoms with E-state index in [1.165, 1.54) is 18.9 Å². The molecule has 0 saturated carbocycles. The van der Waals surface area contributed by atoms with Crippen LogP contribution in [0.2, 0.25) is 0 Å². The number of nitriles is 1. The molecule has 0 aliphatic heterocycles.